The van der Waals surface area contributed by atoms with Crippen LogP contribution in [-0.4, -0.2) is 32.0 Å². The molecule has 4 nitrogen and oxygen atoms in total. The van der Waals surface area contributed by atoms with Gasteiger partial charge in [0, 0.05) is 24.2 Å². The van der Waals surface area contributed by atoms with Gasteiger partial charge >= 0.3 is 0 Å². The maximum absolute atomic E-state index is 11.4. The monoisotopic (exact) mass is 289 g/mol. The quantitative estimate of drug-likeness (QED) is 0.454. The highest BCUT2D eigenvalue weighted by molar-refractivity contribution is 7.99. The maximum Gasteiger partial charge on any atom is 0.244 e. The number of benzene rings is 1. The zero-order chi connectivity index (χ0) is 13.2. The Hall–Kier alpha value is -0.750. The molecular weight excluding hydrogens is 274 g/mol. The van der Waals surface area contributed by atoms with Crippen LogP contribution in [0.15, 0.2) is 29.2 Å². The Kier molecular flexibility index (Phi) is 7.84. The minimum atomic E-state index is -0.148. The Bertz CT molecular complexity index is 376. The lowest BCUT2D eigenvalue weighted by Gasteiger charge is -2.06. The molecule has 1 aromatic rings. The number of rotatable bonds is 8. The lowest BCUT2D eigenvalue weighted by atomic mass is 10.4. The van der Waals surface area contributed by atoms with Crippen molar-refractivity contribution in [3.8, 4) is 0 Å². The summed E-state index contributed by atoms with van der Waals surface area (Å²) in [6, 6.07) is 7.56. The van der Waals surface area contributed by atoms with Crippen LogP contribution in [0.4, 0.5) is 0 Å². The number of carbonyl (C=O) groups is 1. The number of carbonyl (C=O) groups excluding carboxylic acids is 1. The molecule has 1 amide bonds. The van der Waals surface area contributed by atoms with Crippen LogP contribution in [-0.2, 0) is 14.4 Å². The fourth-order valence-electron chi connectivity index (χ4n) is 1.12. The molecule has 0 atom stereocenters. The third kappa shape index (κ3) is 6.26. The Balaban J connectivity index is 2.14. The topological polar surface area (TPSA) is 47.6 Å². The second-order valence-electron chi connectivity index (χ2n) is 3.40. The molecule has 1 aromatic carbocycles. The van der Waals surface area contributed by atoms with Gasteiger partial charge in [-0.3, -0.25) is 9.63 Å². The zero-order valence-electron chi connectivity index (χ0n) is 10.1. The van der Waals surface area contributed by atoms with Crippen LogP contribution in [0.2, 0.25) is 5.02 Å². The molecular formula is C12H16ClNO3S. The van der Waals surface area contributed by atoms with E-state index in [0.717, 1.165) is 4.90 Å². The van der Waals surface area contributed by atoms with Crippen molar-refractivity contribution in [2.24, 2.45) is 0 Å². The first-order valence-electron chi connectivity index (χ1n) is 5.51. The largest absolute Gasteiger partial charge is 0.382 e. The molecule has 0 aliphatic carbocycles. The predicted molar refractivity (Wildman–Crippen MR) is 72.8 cm³/mol. The van der Waals surface area contributed by atoms with Crippen molar-refractivity contribution in [3.63, 3.8) is 0 Å². The Morgan fingerprint density at radius 3 is 2.89 bits per heavy atom. The predicted octanol–water partition coefficient (Wildman–Crippen LogP) is 2.52. The van der Waals surface area contributed by atoms with Crippen molar-refractivity contribution < 1.29 is 14.4 Å². The summed E-state index contributed by atoms with van der Waals surface area (Å²) in [5, 5.41) is 0.708. The highest BCUT2D eigenvalue weighted by atomic mass is 35.5. The smallest absolute Gasteiger partial charge is 0.244 e. The van der Waals surface area contributed by atoms with Gasteiger partial charge in [0.25, 0.3) is 0 Å². The normalized spacial score (nSPS) is 10.3. The van der Waals surface area contributed by atoms with E-state index in [4.69, 9.17) is 21.2 Å². The Morgan fingerprint density at radius 1 is 1.39 bits per heavy atom. The molecule has 0 saturated heterocycles. The van der Waals surface area contributed by atoms with Crippen LogP contribution < -0.4 is 5.48 Å². The highest BCUT2D eigenvalue weighted by Gasteiger charge is 2.03. The third-order valence-electron chi connectivity index (χ3n) is 2.00. The van der Waals surface area contributed by atoms with Gasteiger partial charge < -0.3 is 4.74 Å². The zero-order valence-corrected chi connectivity index (χ0v) is 11.7. The highest BCUT2D eigenvalue weighted by Crippen LogP contribution is 2.26. The summed E-state index contributed by atoms with van der Waals surface area (Å²) in [5.41, 5.74) is 2.35. The van der Waals surface area contributed by atoms with Gasteiger partial charge in [0.1, 0.15) is 0 Å². The first kappa shape index (κ1) is 15.3. The van der Waals surface area contributed by atoms with Crippen molar-refractivity contribution in [2.45, 2.75) is 11.3 Å². The maximum atomic E-state index is 11.4. The van der Waals surface area contributed by atoms with E-state index >= 15 is 0 Å². The molecule has 0 fully saturated rings. The Labute approximate surface area is 116 Å². The molecule has 100 valence electrons. The standard InChI is InChI=1S/C12H16ClNO3S/c1-16-7-8-17-14-12(15)6-9-18-11-5-3-2-4-10(11)13/h2-5H,6-9H2,1H3,(H,14,15). The molecule has 0 heterocycles. The first-order chi connectivity index (χ1) is 8.74. The summed E-state index contributed by atoms with van der Waals surface area (Å²) in [6.07, 6.45) is 0.378. The van der Waals surface area contributed by atoms with Crippen molar-refractivity contribution in [1.29, 1.82) is 0 Å². The first-order valence-corrected chi connectivity index (χ1v) is 6.87. The Morgan fingerprint density at radius 2 is 2.17 bits per heavy atom. The lowest BCUT2D eigenvalue weighted by Crippen LogP contribution is -2.25. The number of methoxy groups -OCH3 is 1. The second-order valence-corrected chi connectivity index (χ2v) is 4.94. The van der Waals surface area contributed by atoms with Gasteiger partial charge in [0.2, 0.25) is 5.91 Å². The van der Waals surface area contributed by atoms with Crippen molar-refractivity contribution in [2.75, 3.05) is 26.1 Å². The molecule has 0 saturated carbocycles. The molecule has 0 aliphatic heterocycles. The fourth-order valence-corrected chi connectivity index (χ4v) is 2.31. The van der Waals surface area contributed by atoms with Crippen molar-refractivity contribution >= 4 is 29.3 Å². The average Bonchev–Trinajstić information content (AvgIpc) is 2.37. The van der Waals surface area contributed by atoms with Gasteiger partial charge in [-0.2, -0.15) is 0 Å². The second kappa shape index (κ2) is 9.22. The van der Waals surface area contributed by atoms with E-state index < -0.39 is 0 Å². The van der Waals surface area contributed by atoms with E-state index in [2.05, 4.69) is 5.48 Å². The van der Waals surface area contributed by atoms with Gasteiger partial charge in [-0.25, -0.2) is 5.48 Å². The van der Waals surface area contributed by atoms with E-state index in [1.54, 1.807) is 18.9 Å². The van der Waals surface area contributed by atoms with Gasteiger partial charge in [-0.1, -0.05) is 23.7 Å². The van der Waals surface area contributed by atoms with Crippen molar-refractivity contribution in [1.82, 2.24) is 5.48 Å². The third-order valence-corrected chi connectivity index (χ3v) is 3.52. The van der Waals surface area contributed by atoms with E-state index in [9.17, 15) is 4.79 Å². The number of halogens is 1. The van der Waals surface area contributed by atoms with E-state index in [1.807, 2.05) is 24.3 Å². The summed E-state index contributed by atoms with van der Waals surface area (Å²) in [4.78, 5) is 17.2. The average molecular weight is 290 g/mol. The molecule has 0 spiro atoms. The molecule has 0 bridgehead atoms. The molecule has 1 N–H and O–H groups in total. The summed E-state index contributed by atoms with van der Waals surface area (Å²) < 4.78 is 4.78. The fraction of sp³-hybridized carbons (Fsp3) is 0.417. The van der Waals surface area contributed by atoms with Gasteiger partial charge in [-0.05, 0) is 12.1 Å². The van der Waals surface area contributed by atoms with E-state index in [1.165, 1.54) is 0 Å². The lowest BCUT2D eigenvalue weighted by molar-refractivity contribution is -0.134. The molecule has 0 aliphatic rings. The molecule has 0 aromatic heterocycles. The number of nitrogens with one attached hydrogen (secondary N) is 1. The number of hydrogen-bond donors (Lipinski definition) is 1. The van der Waals surface area contributed by atoms with Crippen LogP contribution in [0.3, 0.4) is 0 Å². The molecule has 1 rings (SSSR count). The number of hydroxylamine groups is 1. The minimum Gasteiger partial charge on any atom is -0.382 e. The van der Waals surface area contributed by atoms with E-state index in [-0.39, 0.29) is 5.91 Å². The number of amides is 1. The van der Waals surface area contributed by atoms with E-state index in [0.29, 0.717) is 30.4 Å². The SMILES string of the molecule is COCCONC(=O)CCSc1ccccc1Cl. The molecule has 18 heavy (non-hydrogen) atoms. The van der Waals surface area contributed by atoms with Crippen LogP contribution in [0.25, 0.3) is 0 Å². The minimum absolute atomic E-state index is 0.148. The number of hydrogen-bond acceptors (Lipinski definition) is 4. The van der Waals surface area contributed by atoms with Crippen LogP contribution in [0.5, 0.6) is 0 Å². The van der Waals surface area contributed by atoms with Crippen LogP contribution in [0.1, 0.15) is 6.42 Å². The van der Waals surface area contributed by atoms with Gasteiger partial charge in [-0.15, -0.1) is 11.8 Å². The molecule has 0 radical (unpaired) electrons. The summed E-state index contributed by atoms with van der Waals surface area (Å²) in [5.74, 6) is 0.508. The van der Waals surface area contributed by atoms with Gasteiger partial charge in [0.15, 0.2) is 0 Å². The number of ether oxygens (including phenoxy) is 1. The molecule has 6 heteroatoms. The van der Waals surface area contributed by atoms with Crippen LogP contribution >= 0.6 is 23.4 Å². The molecule has 0 unspecified atom stereocenters. The van der Waals surface area contributed by atoms with Crippen molar-refractivity contribution in [3.05, 3.63) is 29.3 Å². The number of thioether (sulfide) groups is 1. The van der Waals surface area contributed by atoms with Crippen LogP contribution in [0, 0.1) is 0 Å². The summed E-state index contributed by atoms with van der Waals surface area (Å²) in [7, 11) is 1.57. The summed E-state index contributed by atoms with van der Waals surface area (Å²) in [6.45, 7) is 0.800. The van der Waals surface area contributed by atoms with Gasteiger partial charge in [0.05, 0.1) is 18.2 Å². The summed E-state index contributed by atoms with van der Waals surface area (Å²) >= 11 is 7.54.